The Balaban J connectivity index is 3.01. The van der Waals surface area contributed by atoms with Crippen LogP contribution in [0.2, 0.25) is 0 Å². The molecule has 1 aromatic carbocycles. The number of nitrogens with zero attached hydrogens (tertiary/aromatic N) is 1. The summed E-state index contributed by atoms with van der Waals surface area (Å²) in [5.41, 5.74) is 1.23. The van der Waals surface area contributed by atoms with E-state index in [4.69, 9.17) is 0 Å². The molecule has 0 spiro atoms. The van der Waals surface area contributed by atoms with Crippen molar-refractivity contribution in [1.29, 1.82) is 0 Å². The number of halogens is 1. The van der Waals surface area contributed by atoms with Gasteiger partial charge < -0.3 is 0 Å². The van der Waals surface area contributed by atoms with E-state index in [2.05, 4.69) is 4.84 Å². The van der Waals surface area contributed by atoms with E-state index in [1.54, 1.807) is 0 Å². The quantitative estimate of drug-likeness (QED) is 0.601. The second-order valence-corrected chi connectivity index (χ2v) is 2.56. The van der Waals surface area contributed by atoms with Gasteiger partial charge in [-0.25, -0.2) is 5.48 Å². The van der Waals surface area contributed by atoms with Crippen molar-refractivity contribution in [3.8, 4) is 0 Å². The van der Waals surface area contributed by atoms with Gasteiger partial charge in [0.25, 0.3) is 5.91 Å². The maximum atomic E-state index is 13.0. The van der Waals surface area contributed by atoms with Crippen LogP contribution in [0.5, 0.6) is 0 Å². The van der Waals surface area contributed by atoms with Crippen LogP contribution in [0.3, 0.4) is 0 Å². The minimum atomic E-state index is -1.07. The Morgan fingerprint density at radius 2 is 2.27 bits per heavy atom. The third kappa shape index (κ3) is 2.47. The van der Waals surface area contributed by atoms with Crippen LogP contribution in [0.25, 0.3) is 0 Å². The minimum absolute atomic E-state index is 0.0556. The van der Waals surface area contributed by atoms with Crippen molar-refractivity contribution in [3.05, 3.63) is 39.7 Å². The highest BCUT2D eigenvalue weighted by Crippen LogP contribution is 2.17. The molecule has 1 rings (SSSR count). The van der Waals surface area contributed by atoms with Crippen LogP contribution in [0.4, 0.5) is 10.1 Å². The van der Waals surface area contributed by atoms with Gasteiger partial charge in [0.05, 0.1) is 12.0 Å². The van der Waals surface area contributed by atoms with E-state index >= 15 is 0 Å². The van der Waals surface area contributed by atoms with Crippen LogP contribution in [0.15, 0.2) is 18.2 Å². The number of nitrogens with one attached hydrogen (secondary N) is 1. The molecule has 0 atom stereocenters. The second kappa shape index (κ2) is 4.47. The van der Waals surface area contributed by atoms with Gasteiger partial charge >= 0.3 is 5.69 Å². The molecule has 6 nitrogen and oxygen atoms in total. The molecule has 1 amide bonds. The average molecular weight is 214 g/mol. The fourth-order valence-corrected chi connectivity index (χ4v) is 0.948. The smallest absolute Gasteiger partial charge is 0.277 e. The van der Waals surface area contributed by atoms with Gasteiger partial charge in [-0.05, 0) is 12.1 Å². The molecule has 0 aliphatic carbocycles. The second-order valence-electron chi connectivity index (χ2n) is 2.56. The van der Waals surface area contributed by atoms with Crippen LogP contribution in [0, 0.1) is 15.9 Å². The lowest BCUT2D eigenvalue weighted by atomic mass is 10.2. The van der Waals surface area contributed by atoms with Crippen LogP contribution in [0.1, 0.15) is 10.4 Å². The molecular formula is C8H7FN2O4. The molecule has 0 radical (unpaired) electrons. The van der Waals surface area contributed by atoms with E-state index in [0.717, 1.165) is 18.2 Å². The summed E-state index contributed by atoms with van der Waals surface area (Å²) in [6, 6.07) is 2.82. The number of hydrogen-bond acceptors (Lipinski definition) is 4. The Labute approximate surface area is 83.8 Å². The van der Waals surface area contributed by atoms with Gasteiger partial charge in [0.2, 0.25) is 5.82 Å². The summed E-state index contributed by atoms with van der Waals surface area (Å²) >= 11 is 0. The average Bonchev–Trinajstić information content (AvgIpc) is 2.17. The first-order valence-corrected chi connectivity index (χ1v) is 3.83. The zero-order valence-corrected chi connectivity index (χ0v) is 7.69. The van der Waals surface area contributed by atoms with E-state index in [1.165, 1.54) is 7.11 Å². The molecule has 7 heteroatoms. The van der Waals surface area contributed by atoms with Crippen molar-refractivity contribution in [2.75, 3.05) is 7.11 Å². The molecule has 0 aromatic heterocycles. The number of nitro groups is 1. The van der Waals surface area contributed by atoms with Crippen molar-refractivity contribution >= 4 is 11.6 Å². The van der Waals surface area contributed by atoms with Gasteiger partial charge in [-0.3, -0.25) is 19.7 Å². The normalized spacial score (nSPS) is 9.73. The highest BCUT2D eigenvalue weighted by atomic mass is 19.1. The SMILES string of the molecule is CONC(=O)c1ccc([N+](=O)[O-])c(F)c1. The van der Waals surface area contributed by atoms with E-state index < -0.39 is 22.3 Å². The number of nitro benzene ring substituents is 1. The third-order valence-electron chi connectivity index (χ3n) is 1.60. The molecule has 0 fully saturated rings. The summed E-state index contributed by atoms with van der Waals surface area (Å²) in [5.74, 6) is -1.74. The fourth-order valence-electron chi connectivity index (χ4n) is 0.948. The molecule has 0 heterocycles. The Kier molecular flexibility index (Phi) is 3.29. The summed E-state index contributed by atoms with van der Waals surface area (Å²) in [6.45, 7) is 0. The first-order valence-electron chi connectivity index (χ1n) is 3.83. The summed E-state index contributed by atoms with van der Waals surface area (Å²) < 4.78 is 13.0. The molecule has 15 heavy (non-hydrogen) atoms. The van der Waals surface area contributed by atoms with Crippen molar-refractivity contribution in [2.45, 2.75) is 0 Å². The number of hydrogen-bond donors (Lipinski definition) is 1. The predicted molar refractivity (Wildman–Crippen MR) is 47.5 cm³/mol. The predicted octanol–water partition coefficient (Wildman–Crippen LogP) is 1.03. The van der Waals surface area contributed by atoms with Crippen molar-refractivity contribution in [1.82, 2.24) is 5.48 Å². The first-order chi connectivity index (χ1) is 7.06. The van der Waals surface area contributed by atoms with Crippen molar-refractivity contribution in [2.24, 2.45) is 0 Å². The molecule has 0 bridgehead atoms. The van der Waals surface area contributed by atoms with Crippen LogP contribution >= 0.6 is 0 Å². The maximum Gasteiger partial charge on any atom is 0.304 e. The first kappa shape index (κ1) is 11.1. The Morgan fingerprint density at radius 1 is 1.60 bits per heavy atom. The minimum Gasteiger partial charge on any atom is -0.277 e. The van der Waals surface area contributed by atoms with E-state index in [1.807, 2.05) is 5.48 Å². The number of carbonyl (C=O) groups is 1. The maximum absolute atomic E-state index is 13.0. The number of rotatable bonds is 3. The lowest BCUT2D eigenvalue weighted by Gasteiger charge is -2.01. The van der Waals surface area contributed by atoms with Crippen molar-refractivity contribution in [3.63, 3.8) is 0 Å². The molecule has 1 aromatic rings. The lowest BCUT2D eigenvalue weighted by Crippen LogP contribution is -2.21. The Morgan fingerprint density at radius 3 is 2.73 bits per heavy atom. The van der Waals surface area contributed by atoms with Gasteiger partial charge in [-0.1, -0.05) is 0 Å². The van der Waals surface area contributed by atoms with Crippen molar-refractivity contribution < 1.29 is 18.9 Å². The summed E-state index contributed by atoms with van der Waals surface area (Å²) in [7, 11) is 1.22. The van der Waals surface area contributed by atoms with E-state index in [0.29, 0.717) is 0 Å². The molecular weight excluding hydrogens is 207 g/mol. The number of benzene rings is 1. The van der Waals surface area contributed by atoms with Gasteiger partial charge in [0.1, 0.15) is 0 Å². The van der Waals surface area contributed by atoms with Crippen LogP contribution in [-0.4, -0.2) is 17.9 Å². The largest absolute Gasteiger partial charge is 0.304 e. The molecule has 0 saturated heterocycles. The molecule has 1 N–H and O–H groups in total. The highest BCUT2D eigenvalue weighted by molar-refractivity contribution is 5.93. The molecule has 0 unspecified atom stereocenters. The Bertz CT molecular complexity index is 408. The van der Waals surface area contributed by atoms with E-state index in [9.17, 15) is 19.3 Å². The molecule has 80 valence electrons. The molecule has 0 aliphatic rings. The van der Waals surface area contributed by atoms with Crippen LogP contribution < -0.4 is 5.48 Å². The molecule has 0 saturated carbocycles. The number of hydroxylamine groups is 1. The topological polar surface area (TPSA) is 81.5 Å². The lowest BCUT2D eigenvalue weighted by molar-refractivity contribution is -0.387. The molecule has 0 aliphatic heterocycles. The number of carbonyl (C=O) groups excluding carboxylic acids is 1. The summed E-state index contributed by atoms with van der Waals surface area (Å²) in [5, 5.41) is 10.3. The number of amides is 1. The third-order valence-corrected chi connectivity index (χ3v) is 1.60. The van der Waals surface area contributed by atoms with E-state index in [-0.39, 0.29) is 5.56 Å². The standard InChI is InChI=1S/C8H7FN2O4/c1-15-10-8(12)5-2-3-7(11(13)14)6(9)4-5/h2-4H,1H3,(H,10,12). The van der Waals surface area contributed by atoms with Crippen LogP contribution in [-0.2, 0) is 4.84 Å². The Hall–Kier alpha value is -2.02. The van der Waals surface area contributed by atoms with Gasteiger partial charge in [-0.15, -0.1) is 0 Å². The zero-order chi connectivity index (χ0) is 11.4. The zero-order valence-electron chi connectivity index (χ0n) is 7.69. The van der Waals surface area contributed by atoms with Gasteiger partial charge in [0, 0.05) is 11.6 Å². The monoisotopic (exact) mass is 214 g/mol. The summed E-state index contributed by atoms with van der Waals surface area (Å²) in [6.07, 6.45) is 0. The summed E-state index contributed by atoms with van der Waals surface area (Å²) in [4.78, 5) is 24.8. The highest BCUT2D eigenvalue weighted by Gasteiger charge is 2.16. The fraction of sp³-hybridized carbons (Fsp3) is 0.125. The van der Waals surface area contributed by atoms with Gasteiger partial charge in [0.15, 0.2) is 0 Å². The van der Waals surface area contributed by atoms with Gasteiger partial charge in [-0.2, -0.15) is 4.39 Å².